The summed E-state index contributed by atoms with van der Waals surface area (Å²) in [4.78, 5) is 40.8. The van der Waals surface area contributed by atoms with Gasteiger partial charge in [0.1, 0.15) is 24.2 Å². The maximum atomic E-state index is 15.2. The molecule has 51 heavy (non-hydrogen) atoms. The molecule has 0 spiro atoms. The van der Waals surface area contributed by atoms with Crippen LogP contribution < -0.4 is 14.4 Å². The van der Waals surface area contributed by atoms with E-state index in [0.717, 1.165) is 48.0 Å². The number of nitro groups is 1. The molecule has 0 saturated heterocycles. The summed E-state index contributed by atoms with van der Waals surface area (Å²) in [5.41, 5.74) is 0.821. The van der Waals surface area contributed by atoms with Crippen molar-refractivity contribution in [2.45, 2.75) is 69.0 Å². The lowest BCUT2D eigenvalue weighted by Gasteiger charge is -2.35. The van der Waals surface area contributed by atoms with E-state index in [1.54, 1.807) is 6.07 Å². The molecule has 13 heteroatoms. The molecule has 1 saturated carbocycles. The Morgan fingerprint density at radius 1 is 0.961 bits per heavy atom. The Balaban J connectivity index is 1.60. The summed E-state index contributed by atoms with van der Waals surface area (Å²) in [7, 11) is -3.17. The fourth-order valence-electron chi connectivity index (χ4n) is 6.26. The van der Waals surface area contributed by atoms with E-state index in [-0.39, 0.29) is 35.8 Å². The summed E-state index contributed by atoms with van der Waals surface area (Å²) in [6.45, 7) is 0.367. The molecular weight excluding hydrogens is 676 g/mol. The molecule has 1 unspecified atom stereocenters. The van der Waals surface area contributed by atoms with Gasteiger partial charge in [-0.05, 0) is 61.7 Å². The number of methoxy groups -OCH3 is 1. The van der Waals surface area contributed by atoms with Crippen molar-refractivity contribution in [3.63, 3.8) is 0 Å². The van der Waals surface area contributed by atoms with Crippen molar-refractivity contribution in [2.75, 3.05) is 18.0 Å². The van der Waals surface area contributed by atoms with Gasteiger partial charge in [-0.3, -0.25) is 24.0 Å². The summed E-state index contributed by atoms with van der Waals surface area (Å²) in [5, 5.41) is 14.9. The predicted molar refractivity (Wildman–Crippen MR) is 191 cm³/mol. The van der Waals surface area contributed by atoms with Gasteiger partial charge in [-0.15, -0.1) is 0 Å². The molecule has 1 N–H and O–H groups in total. The third kappa shape index (κ3) is 9.09. The zero-order valence-electron chi connectivity index (χ0n) is 28.5. The van der Waals surface area contributed by atoms with Crippen molar-refractivity contribution in [1.29, 1.82) is 0 Å². The molecule has 2 amide bonds. The van der Waals surface area contributed by atoms with Crippen molar-refractivity contribution < 1.29 is 32.1 Å². The van der Waals surface area contributed by atoms with Gasteiger partial charge in [0.25, 0.3) is 15.7 Å². The van der Waals surface area contributed by atoms with Crippen LogP contribution in [0.5, 0.6) is 5.75 Å². The molecular formula is C38H41FN4O7S. The summed E-state index contributed by atoms with van der Waals surface area (Å²) in [6, 6.07) is 23.2. The highest BCUT2D eigenvalue weighted by Crippen LogP contribution is 2.30. The number of hydrogen-bond acceptors (Lipinski definition) is 7. The molecule has 0 bridgehead atoms. The number of nitro benzene ring substituents is 1. The smallest absolute Gasteiger partial charge is 0.273 e. The molecule has 0 aliphatic heterocycles. The number of amides is 2. The number of halogens is 1. The maximum Gasteiger partial charge on any atom is 0.273 e. The van der Waals surface area contributed by atoms with Crippen molar-refractivity contribution >= 4 is 33.2 Å². The Morgan fingerprint density at radius 3 is 2.27 bits per heavy atom. The average molecular weight is 717 g/mol. The Morgan fingerprint density at radius 2 is 1.63 bits per heavy atom. The van der Waals surface area contributed by atoms with Crippen LogP contribution in [0.15, 0.2) is 102 Å². The van der Waals surface area contributed by atoms with Gasteiger partial charge in [0, 0.05) is 36.2 Å². The minimum atomic E-state index is -4.62. The topological polar surface area (TPSA) is 139 Å². The Hall–Kier alpha value is -5.30. The van der Waals surface area contributed by atoms with Crippen LogP contribution in [0.2, 0.25) is 0 Å². The number of rotatable bonds is 14. The van der Waals surface area contributed by atoms with Crippen molar-refractivity contribution in [2.24, 2.45) is 0 Å². The van der Waals surface area contributed by atoms with Crippen LogP contribution in [-0.4, -0.2) is 55.8 Å². The van der Waals surface area contributed by atoms with E-state index >= 15 is 4.39 Å². The number of nitrogens with zero attached hydrogens (tertiary/aromatic N) is 3. The number of benzene rings is 4. The van der Waals surface area contributed by atoms with Crippen molar-refractivity contribution in [3.05, 3.63) is 130 Å². The molecule has 1 aliphatic rings. The fourth-order valence-corrected chi connectivity index (χ4v) is 7.69. The largest absolute Gasteiger partial charge is 0.497 e. The van der Waals surface area contributed by atoms with Gasteiger partial charge in [-0.25, -0.2) is 12.8 Å². The highest BCUT2D eigenvalue weighted by molar-refractivity contribution is 7.92. The van der Waals surface area contributed by atoms with E-state index in [0.29, 0.717) is 5.75 Å². The second-order valence-electron chi connectivity index (χ2n) is 12.6. The molecule has 268 valence electrons. The molecule has 1 atom stereocenters. The van der Waals surface area contributed by atoms with Crippen LogP contribution in [-0.2, 0) is 32.6 Å². The Kier molecular flexibility index (Phi) is 12.0. The summed E-state index contributed by atoms with van der Waals surface area (Å²) < 4.78 is 50.0. The second kappa shape index (κ2) is 16.6. The van der Waals surface area contributed by atoms with E-state index in [2.05, 4.69) is 5.32 Å². The lowest BCUT2D eigenvalue weighted by molar-refractivity contribution is -0.385. The number of hydrogen-bond donors (Lipinski definition) is 1. The summed E-state index contributed by atoms with van der Waals surface area (Å²) >= 11 is 0. The predicted octanol–water partition coefficient (Wildman–Crippen LogP) is 6.34. The van der Waals surface area contributed by atoms with Crippen LogP contribution in [0.25, 0.3) is 0 Å². The first-order valence-electron chi connectivity index (χ1n) is 16.8. The van der Waals surface area contributed by atoms with Gasteiger partial charge >= 0.3 is 0 Å². The van der Waals surface area contributed by atoms with Crippen LogP contribution in [0.3, 0.4) is 0 Å². The van der Waals surface area contributed by atoms with Crippen LogP contribution in [0.4, 0.5) is 15.8 Å². The van der Waals surface area contributed by atoms with Crippen LogP contribution >= 0.6 is 0 Å². The minimum Gasteiger partial charge on any atom is -0.497 e. The highest BCUT2D eigenvalue weighted by atomic mass is 32.2. The molecule has 11 nitrogen and oxygen atoms in total. The number of sulfonamides is 1. The zero-order chi connectivity index (χ0) is 36.5. The quantitative estimate of drug-likeness (QED) is 0.119. The third-order valence-corrected chi connectivity index (χ3v) is 10.9. The molecule has 4 aromatic rings. The normalized spacial score (nSPS) is 13.9. The second-order valence-corrected chi connectivity index (χ2v) is 14.4. The number of carbonyl (C=O) groups excluding carboxylic acids is 2. The molecule has 1 fully saturated rings. The van der Waals surface area contributed by atoms with Gasteiger partial charge in [0.2, 0.25) is 11.8 Å². The fraction of sp³-hybridized carbons (Fsp3) is 0.316. The van der Waals surface area contributed by atoms with Gasteiger partial charge in [0.15, 0.2) is 0 Å². The maximum absolute atomic E-state index is 15.2. The summed E-state index contributed by atoms with van der Waals surface area (Å²) in [6.07, 6.45) is 4.64. The minimum absolute atomic E-state index is 0.0736. The lowest BCUT2D eigenvalue weighted by atomic mass is 9.94. The first-order chi connectivity index (χ1) is 24.5. The summed E-state index contributed by atoms with van der Waals surface area (Å²) in [5.74, 6) is -1.37. The van der Waals surface area contributed by atoms with E-state index in [1.807, 2.05) is 30.3 Å². The van der Waals surface area contributed by atoms with Gasteiger partial charge in [-0.2, -0.15) is 0 Å². The molecule has 1 aliphatic carbocycles. The van der Waals surface area contributed by atoms with Gasteiger partial charge < -0.3 is 15.0 Å². The number of carbonyl (C=O) groups is 2. The molecule has 0 heterocycles. The zero-order valence-corrected chi connectivity index (χ0v) is 29.4. The number of ether oxygens (including phenoxy) is 1. The SMILES string of the molecule is COc1ccc(N(CC(=O)N(Cc2ccccc2F)C(Cc2ccccc2)C(=O)NC2CCCCC2)S(=O)(=O)c2ccc(C)c([N+](=O)[O-])c2)cc1. The van der Waals surface area contributed by atoms with Gasteiger partial charge in [-0.1, -0.05) is 73.9 Å². The average Bonchev–Trinajstić information content (AvgIpc) is 3.13. The van der Waals surface area contributed by atoms with E-state index < -0.39 is 55.7 Å². The number of aryl methyl sites for hydroxylation is 1. The Labute approximate surface area is 297 Å². The Bertz CT molecular complexity index is 1950. The standard InChI is InChI=1S/C38H41FN4O7S/c1-27-17-22-33(24-35(27)43(46)47)51(48,49)42(31-18-20-32(50-2)21-19-31)26-37(44)41(25-29-13-9-10-16-34(29)39)36(23-28-11-5-3-6-12-28)38(45)40-30-14-7-4-8-15-30/h3,5-6,9-13,16-22,24,30,36H,4,7-8,14-15,23,25-26H2,1-2H3,(H,40,45). The van der Waals surface area contributed by atoms with Crippen LogP contribution in [0.1, 0.15) is 48.8 Å². The van der Waals surface area contributed by atoms with E-state index in [1.165, 1.54) is 73.5 Å². The van der Waals surface area contributed by atoms with Gasteiger partial charge in [0.05, 0.1) is 22.6 Å². The molecule has 5 rings (SSSR count). The molecule has 0 aromatic heterocycles. The van der Waals surface area contributed by atoms with Crippen molar-refractivity contribution in [1.82, 2.24) is 10.2 Å². The highest BCUT2D eigenvalue weighted by Gasteiger charge is 2.36. The number of nitrogens with one attached hydrogen (secondary N) is 1. The third-order valence-electron chi connectivity index (χ3n) is 9.13. The lowest BCUT2D eigenvalue weighted by Crippen LogP contribution is -2.55. The first kappa shape index (κ1) is 37.0. The number of anilines is 1. The van der Waals surface area contributed by atoms with Crippen LogP contribution in [0, 0.1) is 22.9 Å². The molecule has 0 radical (unpaired) electrons. The van der Waals surface area contributed by atoms with Crippen molar-refractivity contribution in [3.8, 4) is 5.75 Å². The first-order valence-corrected chi connectivity index (χ1v) is 18.2. The monoisotopic (exact) mass is 716 g/mol. The van der Waals surface area contributed by atoms with E-state index in [9.17, 15) is 28.1 Å². The molecule has 4 aromatic carbocycles. The van der Waals surface area contributed by atoms with E-state index in [4.69, 9.17) is 4.74 Å².